The molecule has 9 heavy (non-hydrogen) atoms. The Balaban J connectivity index is -0.0000000417. The minimum absolute atomic E-state index is 0. The monoisotopic (exact) mass is 109 g/mol. The second-order valence-electron chi connectivity index (χ2n) is 0.575. The summed E-state index contributed by atoms with van der Waals surface area (Å²) in [5.74, 6) is -4.37. The van der Waals surface area contributed by atoms with Crippen molar-refractivity contribution in [2.75, 3.05) is 0 Å². The van der Waals surface area contributed by atoms with Crippen molar-refractivity contribution >= 4 is 11.9 Å². The Morgan fingerprint density at radius 2 is 0.889 bits per heavy atom. The molecule has 0 rings (SSSR count). The fraction of sp³-hybridized carbons (Fsp3) is 0. The molecule has 4 nitrogen and oxygen atoms in total. The van der Waals surface area contributed by atoms with Crippen LogP contribution in [-0.2, 0) is 9.59 Å². The molecular formula is C2Li3O4+. The summed E-state index contributed by atoms with van der Waals surface area (Å²) in [6.45, 7) is 0. The summed E-state index contributed by atoms with van der Waals surface area (Å²) < 4.78 is 0. The molecule has 0 amide bonds. The Morgan fingerprint density at radius 1 is 0.778 bits per heavy atom. The van der Waals surface area contributed by atoms with Crippen molar-refractivity contribution in [1.82, 2.24) is 0 Å². The van der Waals surface area contributed by atoms with Crippen LogP contribution in [0.5, 0.6) is 0 Å². The van der Waals surface area contributed by atoms with Gasteiger partial charge in [-0.1, -0.05) is 0 Å². The van der Waals surface area contributed by atoms with Gasteiger partial charge in [-0.25, -0.2) is 0 Å². The van der Waals surface area contributed by atoms with Crippen molar-refractivity contribution in [1.29, 1.82) is 0 Å². The molecule has 0 spiro atoms. The second-order valence-corrected chi connectivity index (χ2v) is 0.575. The summed E-state index contributed by atoms with van der Waals surface area (Å²) >= 11 is 0. The fourth-order valence-corrected chi connectivity index (χ4v) is 0. The summed E-state index contributed by atoms with van der Waals surface area (Å²) in [6.07, 6.45) is 0. The third kappa shape index (κ3) is 17.7. The summed E-state index contributed by atoms with van der Waals surface area (Å²) in [5.41, 5.74) is 0. The van der Waals surface area contributed by atoms with Gasteiger partial charge >= 0.3 is 56.6 Å². The van der Waals surface area contributed by atoms with Crippen molar-refractivity contribution in [2.45, 2.75) is 0 Å². The maximum Gasteiger partial charge on any atom is 1.00 e. The number of carbonyl (C=O) groups excluding carboxylic acids is 2. The molecule has 0 aromatic heterocycles. The van der Waals surface area contributed by atoms with E-state index < -0.39 is 11.9 Å². The molecule has 0 radical (unpaired) electrons. The molecular weight excluding hydrogens is 109 g/mol. The van der Waals surface area contributed by atoms with Crippen molar-refractivity contribution in [3.63, 3.8) is 0 Å². The van der Waals surface area contributed by atoms with Crippen LogP contribution in [0.1, 0.15) is 0 Å². The first kappa shape index (κ1) is 22.6. The van der Waals surface area contributed by atoms with Crippen LogP contribution in [0.4, 0.5) is 0 Å². The number of aliphatic carboxylic acids is 2. The van der Waals surface area contributed by atoms with E-state index in [2.05, 4.69) is 0 Å². The van der Waals surface area contributed by atoms with Gasteiger partial charge in [0.05, 0.1) is 11.9 Å². The maximum atomic E-state index is 8.93. The van der Waals surface area contributed by atoms with E-state index in [1.807, 2.05) is 0 Å². The summed E-state index contributed by atoms with van der Waals surface area (Å²) in [5, 5.41) is 17.9. The normalized spacial score (nSPS) is 4.89. The van der Waals surface area contributed by atoms with E-state index in [1.165, 1.54) is 0 Å². The quantitative estimate of drug-likeness (QED) is 0.228. The minimum Gasteiger partial charge on any atom is -0.543 e. The van der Waals surface area contributed by atoms with Crippen LogP contribution >= 0.6 is 0 Å². The third-order valence-electron chi connectivity index (χ3n) is 0.167. The zero-order chi connectivity index (χ0) is 5.15. The zero-order valence-electron chi connectivity index (χ0n) is 5.63. The number of hydrogen-bond acceptors (Lipinski definition) is 4. The number of hydrogen-bond donors (Lipinski definition) is 0. The molecule has 0 N–H and O–H groups in total. The van der Waals surface area contributed by atoms with Gasteiger partial charge in [-0.2, -0.15) is 0 Å². The van der Waals surface area contributed by atoms with Gasteiger partial charge < -0.3 is 19.8 Å². The van der Waals surface area contributed by atoms with Gasteiger partial charge in [0.2, 0.25) is 0 Å². The standard InChI is InChI=1S/C2H2O4.3Li/c3-1(4)2(5)6;;;/h(H,3,4)(H,5,6);;;/q;3*+1/p-2. The first-order valence-corrected chi connectivity index (χ1v) is 1.07. The zero-order valence-corrected chi connectivity index (χ0v) is 5.63. The van der Waals surface area contributed by atoms with Crippen molar-refractivity contribution < 1.29 is 76.4 Å². The molecule has 0 aromatic rings. The topological polar surface area (TPSA) is 80.3 Å². The van der Waals surface area contributed by atoms with Crippen LogP contribution in [0.2, 0.25) is 0 Å². The van der Waals surface area contributed by atoms with Gasteiger partial charge in [0, 0.05) is 0 Å². The Labute approximate surface area is 87.9 Å². The Kier molecular flexibility index (Phi) is 28.9. The molecule has 0 aliphatic rings. The number of carboxylic acid groups (broad SMARTS) is 2. The fourth-order valence-electron chi connectivity index (χ4n) is 0. The van der Waals surface area contributed by atoms with Crippen LogP contribution in [0.15, 0.2) is 0 Å². The molecule has 0 heterocycles. The third-order valence-corrected chi connectivity index (χ3v) is 0.167. The predicted octanol–water partition coefficient (Wildman–Crippen LogP) is -12.5. The molecule has 0 aromatic carbocycles. The molecule has 0 fully saturated rings. The van der Waals surface area contributed by atoms with Crippen LogP contribution in [0.3, 0.4) is 0 Å². The SMILES string of the molecule is O=C([O-])C(=O)[O-].[Li+].[Li+].[Li+]. The second kappa shape index (κ2) is 11.5. The summed E-state index contributed by atoms with van der Waals surface area (Å²) in [4.78, 5) is 17.9. The van der Waals surface area contributed by atoms with Crippen LogP contribution in [0.25, 0.3) is 0 Å². The Bertz CT molecular complexity index is 79.8. The average molecular weight is 109 g/mol. The van der Waals surface area contributed by atoms with Gasteiger partial charge in [0.25, 0.3) is 0 Å². The van der Waals surface area contributed by atoms with Gasteiger partial charge in [0.15, 0.2) is 0 Å². The molecule has 0 atom stereocenters. The van der Waals surface area contributed by atoms with E-state index in [1.54, 1.807) is 0 Å². The molecule has 0 aliphatic carbocycles. The first-order valence-electron chi connectivity index (χ1n) is 1.07. The van der Waals surface area contributed by atoms with Gasteiger partial charge in [0.1, 0.15) is 0 Å². The molecule has 0 bridgehead atoms. The maximum absolute atomic E-state index is 8.93. The summed E-state index contributed by atoms with van der Waals surface area (Å²) in [7, 11) is 0. The number of carbonyl (C=O) groups is 2. The number of rotatable bonds is 0. The number of carboxylic acids is 2. The van der Waals surface area contributed by atoms with Crippen LogP contribution in [0, 0.1) is 0 Å². The van der Waals surface area contributed by atoms with E-state index in [0.717, 1.165) is 0 Å². The Morgan fingerprint density at radius 3 is 0.889 bits per heavy atom. The molecule has 0 saturated carbocycles. The predicted molar refractivity (Wildman–Crippen MR) is 10.0 cm³/mol. The van der Waals surface area contributed by atoms with Crippen molar-refractivity contribution in [3.8, 4) is 0 Å². The van der Waals surface area contributed by atoms with Crippen LogP contribution in [-0.4, -0.2) is 11.9 Å². The first-order chi connectivity index (χ1) is 2.64. The Hall–Kier alpha value is 0.732. The van der Waals surface area contributed by atoms with E-state index in [-0.39, 0.29) is 56.6 Å². The average Bonchev–Trinajstić information content (AvgIpc) is 1.36. The largest absolute Gasteiger partial charge is 1.00 e. The summed E-state index contributed by atoms with van der Waals surface area (Å²) in [6, 6.07) is 0. The van der Waals surface area contributed by atoms with E-state index in [4.69, 9.17) is 19.8 Å². The van der Waals surface area contributed by atoms with Gasteiger partial charge in [-0.05, 0) is 0 Å². The molecule has 7 heteroatoms. The van der Waals surface area contributed by atoms with Crippen molar-refractivity contribution in [3.05, 3.63) is 0 Å². The van der Waals surface area contributed by atoms with Gasteiger partial charge in [-0.15, -0.1) is 0 Å². The van der Waals surface area contributed by atoms with E-state index in [9.17, 15) is 0 Å². The molecule has 34 valence electrons. The molecule has 0 aliphatic heterocycles. The minimum atomic E-state index is -2.19. The van der Waals surface area contributed by atoms with Crippen molar-refractivity contribution in [2.24, 2.45) is 0 Å². The van der Waals surface area contributed by atoms with E-state index >= 15 is 0 Å². The molecule has 0 saturated heterocycles. The van der Waals surface area contributed by atoms with E-state index in [0.29, 0.717) is 0 Å². The van der Waals surface area contributed by atoms with Gasteiger partial charge in [-0.3, -0.25) is 0 Å². The van der Waals surface area contributed by atoms with Crippen LogP contribution < -0.4 is 66.8 Å². The smallest absolute Gasteiger partial charge is 0.543 e. The molecule has 0 unspecified atom stereocenters.